The third-order valence-electron chi connectivity index (χ3n) is 2.99. The second-order valence-corrected chi connectivity index (χ2v) is 5.05. The van der Waals surface area contributed by atoms with Gasteiger partial charge in [-0.3, -0.25) is 4.79 Å². The third-order valence-corrected chi connectivity index (χ3v) is 3.97. The summed E-state index contributed by atoms with van der Waals surface area (Å²) in [5, 5.41) is 12.1. The number of aliphatic carboxylic acids is 1. The first-order chi connectivity index (χ1) is 8.36. The van der Waals surface area contributed by atoms with E-state index in [1.54, 1.807) is 20.8 Å². The standard InChI is InChI=1S/C11H17N3O3S/c1-4-11(5-2,9(16)17)14-8(15)7-6(3)13-10(12)18-7/h4-5H2,1-3H3,(H2,12,13)(H,14,15)(H,16,17). The molecule has 7 heteroatoms. The van der Waals surface area contributed by atoms with Crippen LogP contribution in [0.5, 0.6) is 0 Å². The molecule has 6 nitrogen and oxygen atoms in total. The number of nitrogens with zero attached hydrogens (tertiary/aromatic N) is 1. The zero-order chi connectivity index (χ0) is 13.9. The van der Waals surface area contributed by atoms with E-state index < -0.39 is 17.4 Å². The number of rotatable bonds is 5. The van der Waals surface area contributed by atoms with Crippen LogP contribution >= 0.6 is 11.3 Å². The van der Waals surface area contributed by atoms with Gasteiger partial charge in [-0.25, -0.2) is 9.78 Å². The summed E-state index contributed by atoms with van der Waals surface area (Å²) < 4.78 is 0. The number of hydrogen-bond acceptors (Lipinski definition) is 5. The summed E-state index contributed by atoms with van der Waals surface area (Å²) in [4.78, 5) is 27.7. The lowest BCUT2D eigenvalue weighted by molar-refractivity contribution is -0.144. The number of amides is 1. The van der Waals surface area contributed by atoms with Crippen molar-refractivity contribution in [3.8, 4) is 0 Å². The van der Waals surface area contributed by atoms with Crippen LogP contribution in [0.2, 0.25) is 0 Å². The van der Waals surface area contributed by atoms with Crippen molar-refractivity contribution in [2.24, 2.45) is 0 Å². The monoisotopic (exact) mass is 271 g/mol. The van der Waals surface area contributed by atoms with Gasteiger partial charge in [0.15, 0.2) is 5.13 Å². The van der Waals surface area contributed by atoms with Crippen LogP contribution in [0.1, 0.15) is 42.1 Å². The number of hydrogen-bond donors (Lipinski definition) is 3. The summed E-state index contributed by atoms with van der Waals surface area (Å²) in [5.74, 6) is -1.47. The van der Waals surface area contributed by atoms with Gasteiger partial charge in [-0.2, -0.15) is 0 Å². The van der Waals surface area contributed by atoms with Crippen LogP contribution in [0.3, 0.4) is 0 Å². The molecular weight excluding hydrogens is 254 g/mol. The molecule has 0 bridgehead atoms. The molecule has 100 valence electrons. The Morgan fingerprint density at radius 1 is 1.44 bits per heavy atom. The maximum absolute atomic E-state index is 12.1. The maximum atomic E-state index is 12.1. The van der Waals surface area contributed by atoms with Crippen LogP contribution in [0, 0.1) is 6.92 Å². The molecule has 0 aromatic carbocycles. The molecule has 0 aliphatic rings. The number of aryl methyl sites for hydroxylation is 1. The van der Waals surface area contributed by atoms with Crippen molar-refractivity contribution in [1.82, 2.24) is 10.3 Å². The van der Waals surface area contributed by atoms with Crippen LogP contribution in [0.25, 0.3) is 0 Å². The smallest absolute Gasteiger partial charge is 0.329 e. The van der Waals surface area contributed by atoms with Gasteiger partial charge in [0.05, 0.1) is 5.69 Å². The Morgan fingerprint density at radius 3 is 2.33 bits per heavy atom. The summed E-state index contributed by atoms with van der Waals surface area (Å²) >= 11 is 1.06. The van der Waals surface area contributed by atoms with Crippen molar-refractivity contribution in [1.29, 1.82) is 0 Å². The van der Waals surface area contributed by atoms with Crippen molar-refractivity contribution in [3.63, 3.8) is 0 Å². The molecule has 0 aliphatic carbocycles. The number of anilines is 1. The second-order valence-electron chi connectivity index (χ2n) is 4.02. The first-order valence-corrected chi connectivity index (χ1v) is 6.46. The number of carboxylic acid groups (broad SMARTS) is 1. The Bertz CT molecular complexity index is 466. The lowest BCUT2D eigenvalue weighted by atomic mass is 9.93. The number of nitrogens with two attached hydrogens (primary N) is 1. The largest absolute Gasteiger partial charge is 0.480 e. The second kappa shape index (κ2) is 5.34. The molecule has 1 heterocycles. The molecule has 0 saturated carbocycles. The first-order valence-electron chi connectivity index (χ1n) is 5.65. The topological polar surface area (TPSA) is 105 Å². The molecule has 1 aromatic rings. The molecule has 4 N–H and O–H groups in total. The Hall–Kier alpha value is -1.63. The summed E-state index contributed by atoms with van der Waals surface area (Å²) in [7, 11) is 0. The van der Waals surface area contributed by atoms with Gasteiger partial charge in [-0.15, -0.1) is 0 Å². The highest BCUT2D eigenvalue weighted by atomic mass is 32.1. The lowest BCUT2D eigenvalue weighted by Gasteiger charge is -2.27. The number of carbonyl (C=O) groups is 2. The molecule has 1 amide bonds. The van der Waals surface area contributed by atoms with E-state index in [1.807, 2.05) is 0 Å². The minimum Gasteiger partial charge on any atom is -0.480 e. The van der Waals surface area contributed by atoms with Crippen molar-refractivity contribution in [2.45, 2.75) is 39.2 Å². The summed E-state index contributed by atoms with van der Waals surface area (Å²) in [5.41, 5.74) is 4.80. The van der Waals surface area contributed by atoms with Gasteiger partial charge in [0.1, 0.15) is 10.4 Å². The number of aromatic nitrogens is 1. The van der Waals surface area contributed by atoms with Crippen LogP contribution < -0.4 is 11.1 Å². The summed E-state index contributed by atoms with van der Waals surface area (Å²) in [6, 6.07) is 0. The molecule has 0 spiro atoms. The number of carbonyl (C=O) groups excluding carboxylic acids is 1. The molecule has 0 atom stereocenters. The van der Waals surface area contributed by atoms with Gasteiger partial charge in [0.25, 0.3) is 5.91 Å². The highest BCUT2D eigenvalue weighted by Crippen LogP contribution is 2.22. The molecule has 0 radical (unpaired) electrons. The lowest BCUT2D eigenvalue weighted by Crippen LogP contribution is -2.53. The third kappa shape index (κ3) is 2.61. The molecule has 0 unspecified atom stereocenters. The minimum absolute atomic E-state index is 0.298. The van der Waals surface area contributed by atoms with E-state index in [2.05, 4.69) is 10.3 Å². The summed E-state index contributed by atoms with van der Waals surface area (Å²) in [6.45, 7) is 5.12. The normalized spacial score (nSPS) is 11.3. The average molecular weight is 271 g/mol. The number of thiazole rings is 1. The van der Waals surface area contributed by atoms with Gasteiger partial charge in [0, 0.05) is 0 Å². The van der Waals surface area contributed by atoms with Gasteiger partial charge in [0.2, 0.25) is 0 Å². The fourth-order valence-corrected chi connectivity index (χ4v) is 2.41. The predicted molar refractivity (Wildman–Crippen MR) is 69.7 cm³/mol. The molecule has 0 saturated heterocycles. The van der Waals surface area contributed by atoms with Gasteiger partial charge in [-0.1, -0.05) is 25.2 Å². The molecule has 0 aliphatic heterocycles. The number of nitrogens with one attached hydrogen (secondary N) is 1. The van der Waals surface area contributed by atoms with E-state index >= 15 is 0 Å². The van der Waals surface area contributed by atoms with E-state index in [0.717, 1.165) is 11.3 Å². The van der Waals surface area contributed by atoms with E-state index in [4.69, 9.17) is 5.73 Å². The van der Waals surface area contributed by atoms with Crippen LogP contribution in [0.15, 0.2) is 0 Å². The van der Waals surface area contributed by atoms with Crippen LogP contribution in [0.4, 0.5) is 5.13 Å². The maximum Gasteiger partial charge on any atom is 0.329 e. The van der Waals surface area contributed by atoms with Crippen molar-refractivity contribution >= 4 is 28.3 Å². The Balaban J connectivity index is 2.99. The quantitative estimate of drug-likeness (QED) is 0.750. The van der Waals surface area contributed by atoms with Gasteiger partial charge in [-0.05, 0) is 19.8 Å². The van der Waals surface area contributed by atoms with Crippen LogP contribution in [-0.4, -0.2) is 27.5 Å². The zero-order valence-corrected chi connectivity index (χ0v) is 11.4. The van der Waals surface area contributed by atoms with Crippen LogP contribution in [-0.2, 0) is 4.79 Å². The fraction of sp³-hybridized carbons (Fsp3) is 0.545. The molecule has 1 rings (SSSR count). The predicted octanol–water partition coefficient (Wildman–Crippen LogP) is 1.41. The van der Waals surface area contributed by atoms with E-state index in [9.17, 15) is 14.7 Å². The Labute approximate surface area is 109 Å². The fourth-order valence-electron chi connectivity index (χ4n) is 1.68. The van der Waals surface area contributed by atoms with E-state index in [-0.39, 0.29) is 0 Å². The molecule has 1 aromatic heterocycles. The number of nitrogen functional groups attached to an aromatic ring is 1. The molecule has 0 fully saturated rings. The SMILES string of the molecule is CCC(CC)(NC(=O)c1sc(N)nc1C)C(=O)O. The first kappa shape index (κ1) is 14.4. The molecule has 18 heavy (non-hydrogen) atoms. The Kier molecular flexibility index (Phi) is 4.28. The van der Waals surface area contributed by atoms with Crippen molar-refractivity contribution < 1.29 is 14.7 Å². The molecular formula is C11H17N3O3S. The number of carboxylic acids is 1. The highest BCUT2D eigenvalue weighted by Gasteiger charge is 2.37. The Morgan fingerprint density at radius 2 is 2.00 bits per heavy atom. The highest BCUT2D eigenvalue weighted by molar-refractivity contribution is 7.17. The van der Waals surface area contributed by atoms with Gasteiger partial charge < -0.3 is 16.2 Å². The average Bonchev–Trinajstić information content (AvgIpc) is 2.65. The van der Waals surface area contributed by atoms with E-state index in [1.165, 1.54) is 0 Å². The van der Waals surface area contributed by atoms with Gasteiger partial charge >= 0.3 is 5.97 Å². The van der Waals surface area contributed by atoms with Crippen molar-refractivity contribution in [3.05, 3.63) is 10.6 Å². The summed E-state index contributed by atoms with van der Waals surface area (Å²) in [6.07, 6.45) is 0.635. The van der Waals surface area contributed by atoms with Crippen molar-refractivity contribution in [2.75, 3.05) is 5.73 Å². The van der Waals surface area contributed by atoms with E-state index in [0.29, 0.717) is 28.5 Å². The zero-order valence-electron chi connectivity index (χ0n) is 10.6. The minimum atomic E-state index is -1.23.